The van der Waals surface area contributed by atoms with Gasteiger partial charge in [0.05, 0.1) is 12.5 Å². The summed E-state index contributed by atoms with van der Waals surface area (Å²) in [5.41, 5.74) is 1.20. The fraction of sp³-hybridized carbons (Fsp3) is 0.682. The van der Waals surface area contributed by atoms with Gasteiger partial charge in [0, 0.05) is 18.6 Å². The lowest BCUT2D eigenvalue weighted by molar-refractivity contribution is -0.136. The number of methoxy groups -OCH3 is 1. The number of nitrogens with zero attached hydrogens (tertiary/aromatic N) is 2. The predicted octanol–water partition coefficient (Wildman–Crippen LogP) is 3.45. The minimum Gasteiger partial charge on any atom is -0.497 e. The molecule has 2 aliphatic carbocycles. The van der Waals surface area contributed by atoms with Crippen LogP contribution in [0.25, 0.3) is 0 Å². The fourth-order valence-corrected chi connectivity index (χ4v) is 4.78. The predicted molar refractivity (Wildman–Crippen MR) is 103 cm³/mol. The first kappa shape index (κ1) is 17.8. The Bertz CT molecular complexity index is 651. The highest BCUT2D eigenvalue weighted by molar-refractivity contribution is 5.91. The molecule has 142 valence electrons. The highest BCUT2D eigenvalue weighted by Crippen LogP contribution is 2.51. The lowest BCUT2D eigenvalue weighted by Crippen LogP contribution is -2.55. The molecule has 0 bridgehead atoms. The number of likely N-dealkylation sites (tertiary alicyclic amines) is 1. The van der Waals surface area contributed by atoms with Crippen LogP contribution in [-0.4, -0.2) is 55.5 Å². The summed E-state index contributed by atoms with van der Waals surface area (Å²) in [5, 5.41) is 0. The third-order valence-electron chi connectivity index (χ3n) is 7.10. The van der Waals surface area contributed by atoms with E-state index in [4.69, 9.17) is 4.74 Å². The number of hydrogen-bond donors (Lipinski definition) is 0. The summed E-state index contributed by atoms with van der Waals surface area (Å²) >= 11 is 0. The Morgan fingerprint density at radius 1 is 1.12 bits per heavy atom. The van der Waals surface area contributed by atoms with Crippen LogP contribution in [0, 0.1) is 5.92 Å². The van der Waals surface area contributed by atoms with Crippen molar-refractivity contribution in [3.63, 3.8) is 0 Å². The molecule has 0 N–H and O–H groups in total. The van der Waals surface area contributed by atoms with Crippen molar-refractivity contribution >= 4 is 5.91 Å². The van der Waals surface area contributed by atoms with Gasteiger partial charge in [-0.25, -0.2) is 0 Å². The van der Waals surface area contributed by atoms with Crippen molar-refractivity contribution in [2.24, 2.45) is 5.92 Å². The maximum atomic E-state index is 13.3. The largest absolute Gasteiger partial charge is 0.497 e. The smallest absolute Gasteiger partial charge is 0.233 e. The van der Waals surface area contributed by atoms with E-state index in [0.29, 0.717) is 11.4 Å². The van der Waals surface area contributed by atoms with Crippen molar-refractivity contribution in [2.45, 2.75) is 55.9 Å². The maximum Gasteiger partial charge on any atom is 0.233 e. The number of carbonyl (C=O) groups is 1. The average molecular weight is 357 g/mol. The summed E-state index contributed by atoms with van der Waals surface area (Å²) in [7, 11) is 6.12. The summed E-state index contributed by atoms with van der Waals surface area (Å²) in [6.45, 7) is 1.81. The number of piperidine rings is 1. The highest BCUT2D eigenvalue weighted by atomic mass is 16.5. The lowest BCUT2D eigenvalue weighted by Gasteiger charge is -2.47. The summed E-state index contributed by atoms with van der Waals surface area (Å²) < 4.78 is 5.26. The van der Waals surface area contributed by atoms with Crippen LogP contribution in [0.3, 0.4) is 0 Å². The lowest BCUT2D eigenvalue weighted by atomic mass is 9.81. The second-order valence-electron chi connectivity index (χ2n) is 8.87. The van der Waals surface area contributed by atoms with Gasteiger partial charge in [0.25, 0.3) is 0 Å². The van der Waals surface area contributed by atoms with Crippen molar-refractivity contribution < 1.29 is 9.53 Å². The van der Waals surface area contributed by atoms with Crippen LogP contribution in [0.5, 0.6) is 5.75 Å². The van der Waals surface area contributed by atoms with Gasteiger partial charge in [-0.2, -0.15) is 0 Å². The number of hydrogen-bond acceptors (Lipinski definition) is 3. The van der Waals surface area contributed by atoms with Crippen LogP contribution in [0.1, 0.15) is 50.5 Å². The van der Waals surface area contributed by atoms with Crippen LogP contribution in [-0.2, 0) is 10.2 Å². The van der Waals surface area contributed by atoms with Crippen molar-refractivity contribution in [1.29, 1.82) is 0 Å². The zero-order chi connectivity index (χ0) is 18.4. The van der Waals surface area contributed by atoms with Crippen LogP contribution < -0.4 is 4.74 Å². The Balaban J connectivity index is 1.44. The minimum absolute atomic E-state index is 0.263. The second-order valence-corrected chi connectivity index (χ2v) is 8.87. The Morgan fingerprint density at radius 2 is 1.73 bits per heavy atom. The standard InChI is InChI=1S/C22H32N2O2/c1-23(2)21(16-17-4-5-17)12-14-24(15-13-21)20(25)22(10-11-22)18-6-8-19(26-3)9-7-18/h6-9,17H,4-5,10-16H2,1-3H3. The molecule has 1 amide bonds. The first-order valence-corrected chi connectivity index (χ1v) is 10.1. The van der Waals surface area contributed by atoms with Crippen LogP contribution in [0.4, 0.5) is 0 Å². The molecule has 2 saturated carbocycles. The summed E-state index contributed by atoms with van der Waals surface area (Å²) in [6, 6.07) is 8.10. The molecule has 4 heteroatoms. The molecule has 0 radical (unpaired) electrons. The monoisotopic (exact) mass is 356 g/mol. The van der Waals surface area contributed by atoms with E-state index in [-0.39, 0.29) is 5.41 Å². The molecule has 1 aliphatic heterocycles. The van der Waals surface area contributed by atoms with Gasteiger partial charge < -0.3 is 14.5 Å². The Hall–Kier alpha value is -1.55. The van der Waals surface area contributed by atoms with Gasteiger partial charge in [0.1, 0.15) is 5.75 Å². The molecule has 1 saturated heterocycles. The molecule has 3 fully saturated rings. The van der Waals surface area contributed by atoms with Gasteiger partial charge in [-0.15, -0.1) is 0 Å². The normalized spacial score (nSPS) is 23.8. The van der Waals surface area contributed by atoms with E-state index in [0.717, 1.165) is 56.0 Å². The van der Waals surface area contributed by atoms with E-state index >= 15 is 0 Å². The molecule has 0 spiro atoms. The first-order valence-electron chi connectivity index (χ1n) is 10.1. The van der Waals surface area contributed by atoms with Crippen molar-refractivity contribution in [3.05, 3.63) is 29.8 Å². The SMILES string of the molecule is COc1ccc(C2(C(=O)N3CCC(CC4CC4)(N(C)C)CC3)CC2)cc1. The van der Waals surface area contributed by atoms with Gasteiger partial charge >= 0.3 is 0 Å². The molecule has 1 aromatic carbocycles. The summed E-state index contributed by atoms with van der Waals surface area (Å²) in [5.74, 6) is 2.13. The molecule has 0 aromatic heterocycles. The van der Waals surface area contributed by atoms with E-state index in [1.165, 1.54) is 19.3 Å². The van der Waals surface area contributed by atoms with E-state index in [2.05, 4.69) is 36.0 Å². The fourth-order valence-electron chi connectivity index (χ4n) is 4.78. The van der Waals surface area contributed by atoms with Gasteiger partial charge in [0.2, 0.25) is 5.91 Å². The van der Waals surface area contributed by atoms with Crippen LogP contribution in [0.15, 0.2) is 24.3 Å². The topological polar surface area (TPSA) is 32.8 Å². The molecule has 0 unspecified atom stereocenters. The van der Waals surface area contributed by atoms with Gasteiger partial charge in [-0.1, -0.05) is 25.0 Å². The first-order chi connectivity index (χ1) is 12.5. The van der Waals surface area contributed by atoms with Gasteiger partial charge in [-0.05, 0) is 69.8 Å². The van der Waals surface area contributed by atoms with Crippen molar-refractivity contribution in [3.8, 4) is 5.75 Å². The zero-order valence-corrected chi connectivity index (χ0v) is 16.5. The molecule has 1 heterocycles. The number of ether oxygens (including phenoxy) is 1. The van der Waals surface area contributed by atoms with E-state index in [9.17, 15) is 4.79 Å². The van der Waals surface area contributed by atoms with E-state index < -0.39 is 0 Å². The number of amides is 1. The number of rotatable bonds is 6. The number of carbonyl (C=O) groups excluding carboxylic acids is 1. The van der Waals surface area contributed by atoms with Crippen molar-refractivity contribution in [2.75, 3.05) is 34.3 Å². The quantitative estimate of drug-likeness (QED) is 0.783. The summed E-state index contributed by atoms with van der Waals surface area (Å²) in [4.78, 5) is 17.9. The van der Waals surface area contributed by atoms with E-state index in [1.54, 1.807) is 7.11 Å². The zero-order valence-electron chi connectivity index (χ0n) is 16.5. The second kappa shape index (κ2) is 6.56. The molecule has 4 rings (SSSR count). The Labute approximate surface area is 157 Å². The minimum atomic E-state index is -0.263. The maximum absolute atomic E-state index is 13.3. The van der Waals surface area contributed by atoms with Gasteiger partial charge in [0.15, 0.2) is 0 Å². The Kier molecular flexibility index (Phi) is 4.50. The Morgan fingerprint density at radius 3 is 2.19 bits per heavy atom. The van der Waals surface area contributed by atoms with Crippen LogP contribution in [0.2, 0.25) is 0 Å². The number of benzene rings is 1. The van der Waals surface area contributed by atoms with Crippen LogP contribution >= 0.6 is 0 Å². The molecular formula is C22H32N2O2. The summed E-state index contributed by atoms with van der Waals surface area (Å²) in [6.07, 6.45) is 8.30. The molecule has 26 heavy (non-hydrogen) atoms. The highest BCUT2D eigenvalue weighted by Gasteiger charge is 2.54. The molecule has 1 aromatic rings. The third kappa shape index (κ3) is 3.13. The third-order valence-corrected chi connectivity index (χ3v) is 7.10. The van der Waals surface area contributed by atoms with E-state index in [1.807, 2.05) is 12.1 Å². The van der Waals surface area contributed by atoms with Crippen molar-refractivity contribution in [1.82, 2.24) is 9.80 Å². The molecular weight excluding hydrogens is 324 g/mol. The molecule has 0 atom stereocenters. The average Bonchev–Trinajstić information content (AvgIpc) is 3.57. The molecule has 4 nitrogen and oxygen atoms in total. The van der Waals surface area contributed by atoms with Gasteiger partial charge in [-0.3, -0.25) is 4.79 Å². The molecule has 3 aliphatic rings.